The number of aliphatic hydroxyl groups is 3. The second kappa shape index (κ2) is 14.6. The topological polar surface area (TPSA) is 220 Å². The van der Waals surface area contributed by atoms with Gasteiger partial charge < -0.3 is 50.3 Å². The molecule has 1 aromatic heterocycles. The maximum atomic E-state index is 12.5. The molecule has 0 bridgehead atoms. The molecule has 14 heteroatoms. The van der Waals surface area contributed by atoms with E-state index in [9.17, 15) is 34.5 Å². The van der Waals surface area contributed by atoms with E-state index in [-0.39, 0.29) is 36.8 Å². The van der Waals surface area contributed by atoms with E-state index in [4.69, 9.17) is 24.4 Å². The van der Waals surface area contributed by atoms with Crippen molar-refractivity contribution in [1.29, 1.82) is 0 Å². The van der Waals surface area contributed by atoms with Gasteiger partial charge in [0.2, 0.25) is 11.8 Å². The highest BCUT2D eigenvalue weighted by Gasteiger charge is 2.45. The molecule has 7 atom stereocenters. The zero-order valence-corrected chi connectivity index (χ0v) is 25.3. The van der Waals surface area contributed by atoms with Gasteiger partial charge in [-0.3, -0.25) is 9.59 Å². The molecular weight excluding hydrogens is 602 g/mol. The van der Waals surface area contributed by atoms with Crippen LogP contribution < -0.4 is 22.0 Å². The van der Waals surface area contributed by atoms with Crippen LogP contribution in [-0.2, 0) is 35.0 Å². The van der Waals surface area contributed by atoms with Gasteiger partial charge in [0.05, 0.1) is 18.1 Å². The maximum Gasteiger partial charge on any atom is 0.340 e. The standard InChI is InChI=1S/C32H39N3O11/c1-16-20-9-7-18(33)12-23(20)45-31(42)21(16)14-26(37)34-10-4-2-3-5-25(36)35-15-24-28(39)29(40)30(41)32(46-24)43-19-8-6-17-11-27(38)44-22(17)13-19/h6-9,11-12,19,22,24,28-30,32,39-41H,2-5,10,13-15,33H2,1H3,(H,34,37)(H,35,36)/t19-,22-,24-,28+,29+,30-,32-/m1/s1. The molecular formula is C32H39N3O11. The minimum absolute atomic E-state index is 0.116. The largest absolute Gasteiger partial charge is 0.454 e. The molecule has 14 nitrogen and oxygen atoms in total. The molecule has 2 aliphatic heterocycles. The van der Waals surface area contributed by atoms with Crippen LogP contribution in [0.4, 0.5) is 5.69 Å². The Balaban J connectivity index is 0.992. The summed E-state index contributed by atoms with van der Waals surface area (Å²) in [6.07, 6.45) is -0.955. The van der Waals surface area contributed by atoms with Crippen LogP contribution in [0, 0.1) is 6.92 Å². The van der Waals surface area contributed by atoms with E-state index in [1.807, 2.05) is 0 Å². The first-order chi connectivity index (χ1) is 22.0. The van der Waals surface area contributed by atoms with Gasteiger partial charge in [0.25, 0.3) is 0 Å². The van der Waals surface area contributed by atoms with Crippen LogP contribution in [0.2, 0.25) is 0 Å². The number of esters is 1. The van der Waals surface area contributed by atoms with Gasteiger partial charge in [-0.1, -0.05) is 18.6 Å². The molecule has 0 unspecified atom stereocenters. The summed E-state index contributed by atoms with van der Waals surface area (Å²) in [5, 5.41) is 37.4. The molecule has 5 rings (SSSR count). The number of nitrogens with one attached hydrogen (secondary N) is 2. The van der Waals surface area contributed by atoms with Crippen LogP contribution in [0.3, 0.4) is 0 Å². The second-order valence-electron chi connectivity index (χ2n) is 11.7. The fraction of sp³-hybridized carbons (Fsp3) is 0.500. The number of ether oxygens (including phenoxy) is 3. The lowest BCUT2D eigenvalue weighted by molar-refractivity contribution is -0.303. The Morgan fingerprint density at radius 3 is 2.65 bits per heavy atom. The average molecular weight is 642 g/mol. The molecule has 0 spiro atoms. The normalized spacial score (nSPS) is 27.2. The summed E-state index contributed by atoms with van der Waals surface area (Å²) >= 11 is 0. The number of anilines is 1. The molecule has 1 fully saturated rings. The number of rotatable bonds is 12. The summed E-state index contributed by atoms with van der Waals surface area (Å²) in [7, 11) is 0. The van der Waals surface area contributed by atoms with Crippen LogP contribution in [0.15, 0.2) is 51.2 Å². The highest BCUT2D eigenvalue weighted by Crippen LogP contribution is 2.30. The Kier molecular flexibility index (Phi) is 10.5. The van der Waals surface area contributed by atoms with Crippen molar-refractivity contribution in [1.82, 2.24) is 10.6 Å². The smallest absolute Gasteiger partial charge is 0.340 e. The lowest BCUT2D eigenvalue weighted by Crippen LogP contribution is -2.61. The van der Waals surface area contributed by atoms with Crippen molar-refractivity contribution in [3.05, 3.63) is 63.5 Å². The van der Waals surface area contributed by atoms with Crippen molar-refractivity contribution in [2.75, 3.05) is 18.8 Å². The number of nitrogen functional groups attached to an aromatic ring is 1. The fourth-order valence-electron chi connectivity index (χ4n) is 5.75. The number of hydrogen-bond donors (Lipinski definition) is 6. The van der Waals surface area contributed by atoms with Crippen molar-refractivity contribution in [3.63, 3.8) is 0 Å². The lowest BCUT2D eigenvalue weighted by Gasteiger charge is -2.41. The van der Waals surface area contributed by atoms with E-state index >= 15 is 0 Å². The minimum atomic E-state index is -1.57. The van der Waals surface area contributed by atoms with Crippen molar-refractivity contribution < 1.29 is 48.3 Å². The van der Waals surface area contributed by atoms with Crippen LogP contribution in [0.5, 0.6) is 0 Å². The van der Waals surface area contributed by atoms with E-state index in [1.165, 1.54) is 6.08 Å². The number of amides is 2. The van der Waals surface area contributed by atoms with E-state index in [0.29, 0.717) is 54.4 Å². The summed E-state index contributed by atoms with van der Waals surface area (Å²) in [5.41, 5.74) is 7.71. The second-order valence-corrected chi connectivity index (χ2v) is 11.7. The lowest BCUT2D eigenvalue weighted by atomic mass is 9.96. The highest BCUT2D eigenvalue weighted by molar-refractivity contribution is 5.87. The van der Waals surface area contributed by atoms with Crippen molar-refractivity contribution in [3.8, 4) is 0 Å². The van der Waals surface area contributed by atoms with Gasteiger partial charge in [-0.15, -0.1) is 0 Å². The number of carbonyl (C=O) groups is 3. The zero-order chi connectivity index (χ0) is 33.0. The molecule has 1 aliphatic carbocycles. The van der Waals surface area contributed by atoms with Crippen LogP contribution in [0.1, 0.15) is 43.2 Å². The number of nitrogens with two attached hydrogens (primary N) is 1. The molecule has 2 aromatic rings. The summed E-state index contributed by atoms with van der Waals surface area (Å²) < 4.78 is 22.1. The van der Waals surface area contributed by atoms with Crippen molar-refractivity contribution in [2.24, 2.45) is 0 Å². The molecule has 1 aromatic carbocycles. The van der Waals surface area contributed by atoms with Gasteiger partial charge in [0.1, 0.15) is 36.1 Å². The summed E-state index contributed by atoms with van der Waals surface area (Å²) in [4.78, 5) is 48.8. The molecule has 46 heavy (non-hydrogen) atoms. The molecule has 1 saturated heterocycles. The van der Waals surface area contributed by atoms with Crippen LogP contribution in [0.25, 0.3) is 11.0 Å². The number of unbranched alkanes of at least 4 members (excludes halogenated alkanes) is 2. The Morgan fingerprint density at radius 2 is 1.85 bits per heavy atom. The van der Waals surface area contributed by atoms with Crippen LogP contribution in [-0.4, -0.2) is 89.1 Å². The summed E-state index contributed by atoms with van der Waals surface area (Å²) in [6, 6.07) is 5.03. The Bertz CT molecular complexity index is 1580. The van der Waals surface area contributed by atoms with Gasteiger partial charge >= 0.3 is 11.6 Å². The molecule has 3 heterocycles. The number of carbonyl (C=O) groups excluding carboxylic acids is 3. The molecule has 7 N–H and O–H groups in total. The maximum absolute atomic E-state index is 12.5. The predicted octanol–water partition coefficient (Wildman–Crippen LogP) is 0.0234. The monoisotopic (exact) mass is 641 g/mol. The summed E-state index contributed by atoms with van der Waals surface area (Å²) in [5.74, 6) is -1.05. The summed E-state index contributed by atoms with van der Waals surface area (Å²) in [6.45, 7) is 2.01. The molecule has 248 valence electrons. The highest BCUT2D eigenvalue weighted by atomic mass is 16.7. The van der Waals surface area contributed by atoms with Gasteiger partial charge in [-0.05, 0) is 43.0 Å². The number of aliphatic hydroxyl groups excluding tert-OH is 3. The van der Waals surface area contributed by atoms with Gasteiger partial charge in [0.15, 0.2) is 6.29 Å². The number of aryl methyl sites for hydroxylation is 1. The first-order valence-electron chi connectivity index (χ1n) is 15.3. The zero-order valence-electron chi connectivity index (χ0n) is 25.3. The third-order valence-corrected chi connectivity index (χ3v) is 8.39. The molecule has 0 radical (unpaired) electrons. The SMILES string of the molecule is Cc1c(CC(=O)NCCCCCC(=O)NC[C@H]2O[C@@H](O[C@@H]3C=CC4=CC(=O)O[C@@H]4C3)[C@H](O)[C@@H](O)[C@H]2O)c(=O)oc2cc(N)ccc12. The fourth-order valence-corrected chi connectivity index (χ4v) is 5.75. The third kappa shape index (κ3) is 7.82. The molecule has 2 amide bonds. The third-order valence-electron chi connectivity index (χ3n) is 8.39. The predicted molar refractivity (Wildman–Crippen MR) is 163 cm³/mol. The Labute approximate surface area is 264 Å². The van der Waals surface area contributed by atoms with Gasteiger partial charge in [-0.25, -0.2) is 9.59 Å². The average Bonchev–Trinajstić information content (AvgIpc) is 3.39. The quantitative estimate of drug-likeness (QED) is 0.0782. The van der Waals surface area contributed by atoms with E-state index < -0.39 is 54.5 Å². The van der Waals surface area contributed by atoms with E-state index in [2.05, 4.69) is 10.6 Å². The van der Waals surface area contributed by atoms with Gasteiger partial charge in [-0.2, -0.15) is 0 Å². The minimum Gasteiger partial charge on any atom is -0.454 e. The Morgan fingerprint density at radius 1 is 1.04 bits per heavy atom. The molecule has 3 aliphatic rings. The van der Waals surface area contributed by atoms with E-state index in [1.54, 1.807) is 37.3 Å². The van der Waals surface area contributed by atoms with Gasteiger partial charge in [0, 0.05) is 49.1 Å². The first kappa shape index (κ1) is 33.3. The number of hydrogen-bond acceptors (Lipinski definition) is 12. The van der Waals surface area contributed by atoms with E-state index in [0.717, 1.165) is 5.57 Å². The number of fused-ring (bicyclic) bond motifs is 2. The Hall–Kier alpha value is -4.08. The number of benzene rings is 1. The van der Waals surface area contributed by atoms with Crippen molar-refractivity contribution in [2.45, 2.75) is 88.4 Å². The van der Waals surface area contributed by atoms with Crippen molar-refractivity contribution >= 4 is 34.4 Å². The van der Waals surface area contributed by atoms with Crippen LogP contribution >= 0.6 is 0 Å². The first-order valence-corrected chi connectivity index (χ1v) is 15.3. The molecule has 0 saturated carbocycles.